The van der Waals surface area contributed by atoms with E-state index in [-0.39, 0.29) is 12.3 Å². The van der Waals surface area contributed by atoms with Gasteiger partial charge in [0, 0.05) is 25.2 Å². The lowest BCUT2D eigenvalue weighted by molar-refractivity contribution is -0.199. The molecule has 1 aliphatic heterocycles. The minimum Gasteiger partial charge on any atom is -0.388 e. The van der Waals surface area contributed by atoms with Crippen LogP contribution in [0.25, 0.3) is 0 Å². The van der Waals surface area contributed by atoms with E-state index in [0.717, 1.165) is 4.90 Å². The van der Waals surface area contributed by atoms with Gasteiger partial charge in [-0.1, -0.05) is 9.24 Å². The maximum atomic E-state index is 11.2. The van der Waals surface area contributed by atoms with Crippen molar-refractivity contribution in [3.8, 4) is 0 Å². The smallest absolute Gasteiger partial charge is 0.329 e. The number of aliphatic hydroxyl groups excluding tert-OH is 1. The highest BCUT2D eigenvalue weighted by Crippen LogP contribution is 2.32. The van der Waals surface area contributed by atoms with Gasteiger partial charge in [0.2, 0.25) is 6.41 Å². The van der Waals surface area contributed by atoms with E-state index < -0.39 is 33.3 Å². The van der Waals surface area contributed by atoms with E-state index >= 15 is 0 Å². The second-order valence-electron chi connectivity index (χ2n) is 4.60. The summed E-state index contributed by atoms with van der Waals surface area (Å²) in [6.07, 6.45) is -0.905. The maximum absolute atomic E-state index is 11.2. The Hall–Kier alpha value is -0.700. The molecule has 132 valence electrons. The van der Waals surface area contributed by atoms with Crippen LogP contribution in [0.1, 0.15) is 13.3 Å². The van der Waals surface area contributed by atoms with Crippen LogP contribution in [0, 0.1) is 0 Å². The molecule has 1 fully saturated rings. The number of aliphatic imine (C=N–C) groups is 1. The van der Waals surface area contributed by atoms with Crippen LogP contribution < -0.4 is 5.73 Å². The molecule has 0 aromatic rings. The third-order valence-electron chi connectivity index (χ3n) is 2.94. The molecule has 1 saturated heterocycles. The summed E-state index contributed by atoms with van der Waals surface area (Å²) in [6, 6.07) is -1.03. The van der Waals surface area contributed by atoms with Gasteiger partial charge in [-0.25, -0.2) is 0 Å². The summed E-state index contributed by atoms with van der Waals surface area (Å²) in [4.78, 5) is 33.6. The zero-order valence-corrected chi connectivity index (χ0v) is 14.7. The topological polar surface area (TPSA) is 147 Å². The highest BCUT2D eigenvalue weighted by atomic mass is 31.2. The predicted octanol–water partition coefficient (Wildman–Crippen LogP) is -0.828. The van der Waals surface area contributed by atoms with Crippen molar-refractivity contribution in [2.45, 2.75) is 38.0 Å². The van der Waals surface area contributed by atoms with Crippen molar-refractivity contribution < 1.29 is 33.7 Å². The Morgan fingerprint density at radius 2 is 2.26 bits per heavy atom. The number of carbonyl (C=O) groups excluding carboxylic acids is 1. The van der Waals surface area contributed by atoms with Gasteiger partial charge in [0.25, 0.3) is 0 Å². The third-order valence-corrected chi connectivity index (χ3v) is 3.86. The summed E-state index contributed by atoms with van der Waals surface area (Å²) >= 11 is 0. The number of hydrogen-bond donors (Lipinski definition) is 4. The van der Waals surface area contributed by atoms with Crippen LogP contribution in [-0.4, -0.2) is 63.7 Å². The van der Waals surface area contributed by atoms with Crippen LogP contribution in [0.5, 0.6) is 0 Å². The predicted molar refractivity (Wildman–Crippen MR) is 85.5 cm³/mol. The first-order valence-corrected chi connectivity index (χ1v) is 8.34. The van der Waals surface area contributed by atoms with Crippen molar-refractivity contribution in [2.24, 2.45) is 10.7 Å². The SMILES string of the molecule is CN=C(N)/C(C)=C\N(C=O)C1OC(OC(P)OP(O)O)CC1O. The lowest BCUT2D eigenvalue weighted by Gasteiger charge is -2.24. The summed E-state index contributed by atoms with van der Waals surface area (Å²) in [7, 11) is 1.03. The highest BCUT2D eigenvalue weighted by Gasteiger charge is 2.39. The minimum atomic E-state index is -2.59. The third kappa shape index (κ3) is 6.37. The zero-order chi connectivity index (χ0) is 17.6. The van der Waals surface area contributed by atoms with E-state index in [9.17, 15) is 9.90 Å². The van der Waals surface area contributed by atoms with Crippen LogP contribution in [0.2, 0.25) is 0 Å². The standard InChI is InChI=1S/C11H21N3O7P2/c1-6(9(12)13-2)4-14(5-15)10-7(16)3-8(19-10)20-11(22)21-23(17)18/h4-5,7-8,10-11,16-18H,3,22H2,1-2H3,(H2,12,13)/b6-4-. The fraction of sp³-hybridized carbons (Fsp3) is 0.636. The Balaban J connectivity index is 2.71. The molecule has 0 aromatic heterocycles. The molecule has 23 heavy (non-hydrogen) atoms. The van der Waals surface area contributed by atoms with Crippen molar-refractivity contribution in [3.63, 3.8) is 0 Å². The fourth-order valence-electron chi connectivity index (χ4n) is 1.87. The molecule has 5 atom stereocenters. The minimum absolute atomic E-state index is 0.0717. The highest BCUT2D eigenvalue weighted by molar-refractivity contribution is 7.39. The number of hydrogen-bond acceptors (Lipinski definition) is 8. The van der Waals surface area contributed by atoms with Crippen molar-refractivity contribution in [1.29, 1.82) is 0 Å². The fourth-order valence-corrected chi connectivity index (χ4v) is 2.61. The molecule has 5 unspecified atom stereocenters. The number of amides is 1. The molecule has 0 spiro atoms. The number of nitrogens with zero attached hydrogens (tertiary/aromatic N) is 2. The van der Waals surface area contributed by atoms with Crippen molar-refractivity contribution in [2.75, 3.05) is 7.05 Å². The van der Waals surface area contributed by atoms with Crippen LogP contribution >= 0.6 is 17.8 Å². The van der Waals surface area contributed by atoms with Gasteiger partial charge in [-0.05, 0) is 6.92 Å². The summed E-state index contributed by atoms with van der Waals surface area (Å²) in [5.74, 6) is 0.245. The molecule has 1 rings (SSSR count). The Morgan fingerprint density at radius 1 is 1.61 bits per heavy atom. The quantitative estimate of drug-likeness (QED) is 0.143. The van der Waals surface area contributed by atoms with Gasteiger partial charge in [0.05, 0.1) is 0 Å². The van der Waals surface area contributed by atoms with Gasteiger partial charge in [-0.3, -0.25) is 19.2 Å². The van der Waals surface area contributed by atoms with Gasteiger partial charge in [-0.2, -0.15) is 0 Å². The number of nitrogens with two attached hydrogens (primary N) is 1. The summed E-state index contributed by atoms with van der Waals surface area (Å²) < 4.78 is 15.3. The molecular weight excluding hydrogens is 348 g/mol. The number of carbonyl (C=O) groups is 1. The molecular formula is C11H21N3O7P2. The molecule has 0 aliphatic carbocycles. The van der Waals surface area contributed by atoms with Crippen LogP contribution in [0.15, 0.2) is 16.8 Å². The van der Waals surface area contributed by atoms with Crippen LogP contribution in [0.4, 0.5) is 0 Å². The monoisotopic (exact) mass is 369 g/mol. The van der Waals surface area contributed by atoms with E-state index in [1.54, 1.807) is 6.92 Å². The van der Waals surface area contributed by atoms with E-state index in [0.29, 0.717) is 12.0 Å². The second-order valence-corrected chi connectivity index (χ2v) is 5.86. The molecule has 10 nitrogen and oxygen atoms in total. The van der Waals surface area contributed by atoms with Crippen molar-refractivity contribution in [1.82, 2.24) is 4.90 Å². The Morgan fingerprint density at radius 3 is 2.78 bits per heavy atom. The number of rotatable bonds is 8. The van der Waals surface area contributed by atoms with Gasteiger partial charge in [0.15, 0.2) is 18.5 Å². The number of amidine groups is 1. The molecule has 1 amide bonds. The van der Waals surface area contributed by atoms with Crippen molar-refractivity contribution >= 4 is 30.1 Å². The molecule has 12 heteroatoms. The van der Waals surface area contributed by atoms with Gasteiger partial charge in [-0.15, -0.1) is 0 Å². The first-order valence-electron chi connectivity index (χ1n) is 6.51. The Bertz CT molecular complexity index is 463. The van der Waals surface area contributed by atoms with Gasteiger partial charge in [0.1, 0.15) is 11.9 Å². The number of ether oxygens (including phenoxy) is 2. The first-order chi connectivity index (χ1) is 10.8. The Labute approximate surface area is 137 Å². The number of aliphatic hydroxyl groups is 1. The summed E-state index contributed by atoms with van der Waals surface area (Å²) in [6.45, 7) is 1.66. The lowest BCUT2D eigenvalue weighted by atomic mass is 10.2. The van der Waals surface area contributed by atoms with Gasteiger partial charge >= 0.3 is 8.60 Å². The van der Waals surface area contributed by atoms with E-state index in [1.165, 1.54) is 13.2 Å². The second kappa shape index (κ2) is 9.56. The maximum Gasteiger partial charge on any atom is 0.329 e. The lowest BCUT2D eigenvalue weighted by Crippen LogP contribution is -2.38. The van der Waals surface area contributed by atoms with E-state index in [1.807, 2.05) is 0 Å². The molecule has 0 bridgehead atoms. The zero-order valence-electron chi connectivity index (χ0n) is 12.6. The van der Waals surface area contributed by atoms with E-state index in [4.69, 9.17) is 25.0 Å². The molecule has 1 aliphatic rings. The van der Waals surface area contributed by atoms with Crippen molar-refractivity contribution in [3.05, 3.63) is 11.8 Å². The van der Waals surface area contributed by atoms with E-state index in [2.05, 4.69) is 18.8 Å². The average molecular weight is 369 g/mol. The molecule has 0 radical (unpaired) electrons. The van der Waals surface area contributed by atoms with Gasteiger partial charge < -0.3 is 30.1 Å². The summed E-state index contributed by atoms with van der Waals surface area (Å²) in [5, 5.41) is 10.0. The Kier molecular flexibility index (Phi) is 8.46. The molecule has 5 N–H and O–H groups in total. The first kappa shape index (κ1) is 20.3. The largest absolute Gasteiger partial charge is 0.388 e. The van der Waals surface area contributed by atoms with Crippen LogP contribution in [0.3, 0.4) is 0 Å². The average Bonchev–Trinajstić information content (AvgIpc) is 2.82. The molecule has 0 aromatic carbocycles. The van der Waals surface area contributed by atoms with Crippen LogP contribution in [-0.2, 0) is 18.8 Å². The summed E-state index contributed by atoms with van der Waals surface area (Å²) in [5.41, 5.74) is 6.16. The normalized spacial score (nSPS) is 27.3. The molecule has 0 saturated carbocycles. The molecule has 1 heterocycles.